The molecule has 0 aliphatic carbocycles. The first kappa shape index (κ1) is 83.1. The number of carbonyl (C=O) groups is 4. The van der Waals surface area contributed by atoms with Gasteiger partial charge in [0.1, 0.15) is 19.3 Å². The Morgan fingerprint density at radius 2 is 0.541 bits per heavy atom. The molecule has 504 valence electrons. The van der Waals surface area contributed by atoms with Gasteiger partial charge >= 0.3 is 39.5 Å². The van der Waals surface area contributed by atoms with Gasteiger partial charge in [0.15, 0.2) is 12.2 Å². The molecular formula is C66H128O17P2. The number of phosphoric acid groups is 2. The summed E-state index contributed by atoms with van der Waals surface area (Å²) in [7, 11) is -9.88. The van der Waals surface area contributed by atoms with Gasteiger partial charge in [0, 0.05) is 25.7 Å². The van der Waals surface area contributed by atoms with Gasteiger partial charge in [-0.2, -0.15) is 0 Å². The van der Waals surface area contributed by atoms with E-state index in [1.807, 2.05) is 0 Å². The van der Waals surface area contributed by atoms with E-state index in [0.717, 1.165) is 115 Å². The second-order valence-electron chi connectivity index (χ2n) is 24.8. The third-order valence-electron chi connectivity index (χ3n) is 15.2. The maximum Gasteiger partial charge on any atom is 0.472 e. The number of phosphoric ester groups is 2. The van der Waals surface area contributed by atoms with Crippen molar-refractivity contribution in [1.29, 1.82) is 0 Å². The lowest BCUT2D eigenvalue weighted by atomic mass is 10.0. The van der Waals surface area contributed by atoms with Crippen molar-refractivity contribution < 1.29 is 80.2 Å². The molecule has 85 heavy (non-hydrogen) atoms. The van der Waals surface area contributed by atoms with E-state index in [2.05, 4.69) is 41.5 Å². The molecule has 0 radical (unpaired) electrons. The molecule has 0 saturated heterocycles. The summed E-state index contributed by atoms with van der Waals surface area (Å²) in [6.07, 6.45) is 42.1. The van der Waals surface area contributed by atoms with Crippen LogP contribution in [0.3, 0.4) is 0 Å². The van der Waals surface area contributed by atoms with Gasteiger partial charge in [-0.25, -0.2) is 9.13 Å². The minimum absolute atomic E-state index is 0.104. The van der Waals surface area contributed by atoms with Gasteiger partial charge in [-0.15, -0.1) is 0 Å². The average Bonchev–Trinajstić information content (AvgIpc) is 3.62. The second-order valence-corrected chi connectivity index (χ2v) is 27.7. The van der Waals surface area contributed by atoms with Crippen LogP contribution in [0.5, 0.6) is 0 Å². The van der Waals surface area contributed by atoms with Crippen molar-refractivity contribution in [2.75, 3.05) is 39.6 Å². The Morgan fingerprint density at radius 1 is 0.318 bits per heavy atom. The number of unbranched alkanes of at least 4 members (excludes halogenated alkanes) is 35. The van der Waals surface area contributed by atoms with Gasteiger partial charge in [-0.3, -0.25) is 37.3 Å². The van der Waals surface area contributed by atoms with E-state index < -0.39 is 97.5 Å². The van der Waals surface area contributed by atoms with Crippen molar-refractivity contribution in [3.05, 3.63) is 0 Å². The number of ether oxygens (including phenoxy) is 4. The molecule has 0 heterocycles. The third kappa shape index (κ3) is 60.7. The summed E-state index contributed by atoms with van der Waals surface area (Å²) in [6, 6.07) is 0. The van der Waals surface area contributed by atoms with E-state index in [1.54, 1.807) is 0 Å². The molecule has 0 spiro atoms. The van der Waals surface area contributed by atoms with Crippen LogP contribution in [-0.2, 0) is 65.4 Å². The number of hydrogen-bond donors (Lipinski definition) is 3. The Labute approximate surface area is 517 Å². The molecule has 2 unspecified atom stereocenters. The number of hydrogen-bond acceptors (Lipinski definition) is 15. The minimum atomic E-state index is -4.95. The van der Waals surface area contributed by atoms with Crippen LogP contribution in [0.15, 0.2) is 0 Å². The van der Waals surface area contributed by atoms with Crippen LogP contribution in [0, 0.1) is 11.8 Å². The fourth-order valence-electron chi connectivity index (χ4n) is 9.88. The average molecular weight is 1260 g/mol. The number of esters is 4. The Balaban J connectivity index is 5.14. The van der Waals surface area contributed by atoms with Gasteiger partial charge < -0.3 is 33.8 Å². The molecule has 17 nitrogen and oxygen atoms in total. The van der Waals surface area contributed by atoms with Crippen LogP contribution in [0.2, 0.25) is 0 Å². The highest BCUT2D eigenvalue weighted by atomic mass is 31.2. The lowest BCUT2D eigenvalue weighted by Crippen LogP contribution is -2.30. The molecule has 0 aromatic heterocycles. The van der Waals surface area contributed by atoms with E-state index in [1.165, 1.54) is 135 Å². The molecule has 0 aliphatic rings. The summed E-state index contributed by atoms with van der Waals surface area (Å²) in [5.41, 5.74) is 0. The molecule has 0 rings (SSSR count). The zero-order chi connectivity index (χ0) is 62.9. The van der Waals surface area contributed by atoms with Gasteiger partial charge in [-0.05, 0) is 37.5 Å². The molecule has 0 aromatic carbocycles. The molecule has 5 atom stereocenters. The fraction of sp³-hybridized carbons (Fsp3) is 0.939. The van der Waals surface area contributed by atoms with Crippen LogP contribution >= 0.6 is 15.6 Å². The number of aliphatic hydroxyl groups excluding tert-OH is 1. The first-order chi connectivity index (χ1) is 40.9. The van der Waals surface area contributed by atoms with Gasteiger partial charge in [-0.1, -0.05) is 279 Å². The minimum Gasteiger partial charge on any atom is -0.462 e. The van der Waals surface area contributed by atoms with Crippen molar-refractivity contribution in [2.45, 2.75) is 349 Å². The quantitative estimate of drug-likeness (QED) is 0.0222. The predicted octanol–water partition coefficient (Wildman–Crippen LogP) is 18.4. The topological polar surface area (TPSA) is 237 Å². The van der Waals surface area contributed by atoms with Gasteiger partial charge in [0.05, 0.1) is 26.4 Å². The lowest BCUT2D eigenvalue weighted by Gasteiger charge is -2.21. The third-order valence-corrected chi connectivity index (χ3v) is 17.1. The highest BCUT2D eigenvalue weighted by molar-refractivity contribution is 7.47. The second kappa shape index (κ2) is 58.4. The molecule has 0 saturated carbocycles. The number of aliphatic hydroxyl groups is 1. The van der Waals surface area contributed by atoms with E-state index in [4.69, 9.17) is 37.0 Å². The van der Waals surface area contributed by atoms with Crippen LogP contribution in [0.25, 0.3) is 0 Å². The van der Waals surface area contributed by atoms with E-state index >= 15 is 0 Å². The maximum atomic E-state index is 13.0. The van der Waals surface area contributed by atoms with E-state index in [-0.39, 0.29) is 25.7 Å². The molecule has 0 fully saturated rings. The zero-order valence-corrected chi connectivity index (χ0v) is 56.7. The molecule has 3 N–H and O–H groups in total. The van der Waals surface area contributed by atoms with Gasteiger partial charge in [0.2, 0.25) is 0 Å². The summed E-state index contributed by atoms with van der Waals surface area (Å²) in [4.78, 5) is 72.0. The molecule has 0 bridgehead atoms. The molecular weight excluding hydrogens is 1130 g/mol. The number of rotatable bonds is 65. The van der Waals surface area contributed by atoms with Crippen molar-refractivity contribution in [1.82, 2.24) is 0 Å². The van der Waals surface area contributed by atoms with Crippen molar-refractivity contribution in [3.63, 3.8) is 0 Å². The molecule has 0 amide bonds. The predicted molar refractivity (Wildman–Crippen MR) is 340 cm³/mol. The lowest BCUT2D eigenvalue weighted by molar-refractivity contribution is -0.161. The zero-order valence-electron chi connectivity index (χ0n) is 54.9. The van der Waals surface area contributed by atoms with Crippen LogP contribution in [0.4, 0.5) is 0 Å². The summed E-state index contributed by atoms with van der Waals surface area (Å²) in [6.45, 7) is 9.43. The summed E-state index contributed by atoms with van der Waals surface area (Å²) >= 11 is 0. The highest BCUT2D eigenvalue weighted by Gasteiger charge is 2.30. The SMILES string of the molecule is CCCCCCCCCCC(=O)O[C@H](COC(=O)CCCCCCC)COP(=O)(O)OC[C@H](O)COP(=O)(O)OC[C@@H](COC(=O)CCCCCCCCCCCCCC(C)C)OC(=O)CCCCCCCCCCCCCCCCCC(C)C. The monoisotopic (exact) mass is 1250 g/mol. The van der Waals surface area contributed by atoms with Crippen LogP contribution in [-0.4, -0.2) is 96.7 Å². The van der Waals surface area contributed by atoms with Crippen LogP contribution < -0.4 is 0 Å². The fourth-order valence-corrected chi connectivity index (χ4v) is 11.5. The Hall–Kier alpha value is -1.94. The first-order valence-electron chi connectivity index (χ1n) is 34.5. The summed E-state index contributed by atoms with van der Waals surface area (Å²) < 4.78 is 67.8. The first-order valence-corrected chi connectivity index (χ1v) is 37.5. The van der Waals surface area contributed by atoms with Crippen molar-refractivity contribution in [3.8, 4) is 0 Å². The van der Waals surface area contributed by atoms with Crippen LogP contribution in [0.1, 0.15) is 330 Å². The smallest absolute Gasteiger partial charge is 0.462 e. The molecule has 19 heteroatoms. The standard InChI is InChI=1S/C66H128O17P2/c1-7-9-11-13-14-31-38-44-50-65(70)82-61(54-76-63(68)48-42-34-12-10-8-2)56-80-84(72,73)78-52-60(67)53-79-85(74,75)81-57-62(55-77-64(69)49-43-37-32-27-24-20-22-26-30-36-41-47-59(5)6)83-66(71)51-45-39-33-28-23-19-17-15-16-18-21-25-29-35-40-46-58(3)4/h58-62,67H,7-57H2,1-6H3,(H,72,73)(H,74,75)/t60-,61+,62+/m0/s1. The highest BCUT2D eigenvalue weighted by Crippen LogP contribution is 2.45. The normalized spacial score (nSPS) is 14.2. The van der Waals surface area contributed by atoms with E-state index in [0.29, 0.717) is 25.7 Å². The molecule has 0 aliphatic heterocycles. The Kier molecular flexibility index (Phi) is 57.1. The number of carbonyl (C=O) groups excluding carboxylic acids is 4. The Morgan fingerprint density at radius 3 is 0.800 bits per heavy atom. The van der Waals surface area contributed by atoms with Crippen molar-refractivity contribution >= 4 is 39.5 Å². The van der Waals surface area contributed by atoms with Crippen molar-refractivity contribution in [2.24, 2.45) is 11.8 Å². The summed E-state index contributed by atoms with van der Waals surface area (Å²) in [5, 5.41) is 10.5. The molecule has 0 aromatic rings. The largest absolute Gasteiger partial charge is 0.472 e. The maximum absolute atomic E-state index is 13.0. The summed E-state index contributed by atoms with van der Waals surface area (Å²) in [5.74, 6) is -0.570. The van der Waals surface area contributed by atoms with E-state index in [9.17, 15) is 43.2 Å². The Bertz CT molecular complexity index is 1670. The van der Waals surface area contributed by atoms with Gasteiger partial charge in [0.25, 0.3) is 0 Å².